The van der Waals surface area contributed by atoms with Gasteiger partial charge in [-0.1, -0.05) is 59.3 Å². The Morgan fingerprint density at radius 1 is 1.09 bits per heavy atom. The number of nitrogens with one attached hydrogen (secondary N) is 1. The lowest BCUT2D eigenvalue weighted by atomic mass is 10.2. The fourth-order valence-electron chi connectivity index (χ4n) is 3.46. The number of thiazole rings is 1. The van der Waals surface area contributed by atoms with Crippen molar-refractivity contribution < 1.29 is 13.2 Å². The lowest BCUT2D eigenvalue weighted by molar-refractivity contribution is 0.286. The van der Waals surface area contributed by atoms with Gasteiger partial charge in [-0.2, -0.15) is 0 Å². The average molecular weight is 503 g/mol. The number of benzene rings is 3. The van der Waals surface area contributed by atoms with Gasteiger partial charge in [-0.05, 0) is 55.3 Å². The van der Waals surface area contributed by atoms with Gasteiger partial charge in [0.25, 0.3) is 0 Å². The first-order valence-electron chi connectivity index (χ1n) is 10.3. The summed E-state index contributed by atoms with van der Waals surface area (Å²) in [5.74, 6) is 0.717. The van der Waals surface area contributed by atoms with E-state index < -0.39 is 16.1 Å². The molecule has 0 aliphatic heterocycles. The molecular weight excluding hydrogens is 480 g/mol. The number of hydrogen-bond acceptors (Lipinski definition) is 5. The van der Waals surface area contributed by atoms with Crippen molar-refractivity contribution in [3.63, 3.8) is 0 Å². The third-order valence-corrected chi connectivity index (χ3v) is 8.07. The number of aromatic nitrogens is 1. The van der Waals surface area contributed by atoms with Gasteiger partial charge in [0.05, 0.1) is 27.7 Å². The van der Waals surface area contributed by atoms with E-state index in [-0.39, 0.29) is 16.4 Å². The van der Waals surface area contributed by atoms with Gasteiger partial charge in [0.15, 0.2) is 0 Å². The van der Waals surface area contributed by atoms with Crippen LogP contribution in [0.15, 0.2) is 76.4 Å². The second-order valence-electron chi connectivity index (χ2n) is 7.77. The van der Waals surface area contributed by atoms with Crippen molar-refractivity contribution >= 4 is 43.2 Å². The molecule has 0 saturated carbocycles. The van der Waals surface area contributed by atoms with Gasteiger partial charge in [-0.3, -0.25) is 9.36 Å². The van der Waals surface area contributed by atoms with Gasteiger partial charge < -0.3 is 4.74 Å². The Kier molecular flexibility index (Phi) is 6.90. The van der Waals surface area contributed by atoms with Crippen LogP contribution in [0.3, 0.4) is 0 Å². The molecule has 0 bridgehead atoms. The van der Waals surface area contributed by atoms with Crippen molar-refractivity contribution in [1.29, 1.82) is 0 Å². The molecule has 0 spiro atoms. The van der Waals surface area contributed by atoms with Crippen molar-refractivity contribution in [1.82, 2.24) is 9.29 Å². The molecule has 0 radical (unpaired) electrons. The molecule has 0 aliphatic rings. The zero-order valence-corrected chi connectivity index (χ0v) is 20.5. The van der Waals surface area contributed by atoms with Gasteiger partial charge in [-0.25, -0.2) is 13.1 Å². The van der Waals surface area contributed by atoms with Crippen LogP contribution in [-0.4, -0.2) is 25.6 Å². The number of para-hydroxylation sites is 1. The predicted molar refractivity (Wildman–Crippen MR) is 133 cm³/mol. The molecule has 1 unspecified atom stereocenters. The van der Waals surface area contributed by atoms with E-state index in [0.29, 0.717) is 21.8 Å². The van der Waals surface area contributed by atoms with E-state index in [4.69, 9.17) is 16.3 Å². The van der Waals surface area contributed by atoms with Crippen molar-refractivity contribution in [2.24, 2.45) is 0 Å². The monoisotopic (exact) mass is 502 g/mol. The van der Waals surface area contributed by atoms with E-state index in [1.807, 2.05) is 49.4 Å². The Bertz CT molecular complexity index is 1460. The number of sulfonamides is 1. The first-order valence-corrected chi connectivity index (χ1v) is 13.0. The van der Waals surface area contributed by atoms with Gasteiger partial charge in [0.1, 0.15) is 12.4 Å². The molecule has 1 heterocycles. The number of halogens is 1. The minimum absolute atomic E-state index is 0.101. The second kappa shape index (κ2) is 9.69. The molecule has 0 amide bonds. The Hall–Kier alpha value is -2.65. The number of rotatable bonds is 8. The summed E-state index contributed by atoms with van der Waals surface area (Å²) in [5.41, 5.74) is 2.47. The van der Waals surface area contributed by atoms with Crippen molar-refractivity contribution in [3.8, 4) is 5.75 Å². The van der Waals surface area contributed by atoms with Gasteiger partial charge in [0.2, 0.25) is 10.0 Å². The summed E-state index contributed by atoms with van der Waals surface area (Å²) in [5, 5.41) is 0.578. The van der Waals surface area contributed by atoms with E-state index in [9.17, 15) is 13.2 Å². The van der Waals surface area contributed by atoms with Crippen LogP contribution in [0.5, 0.6) is 5.75 Å². The first kappa shape index (κ1) is 23.5. The summed E-state index contributed by atoms with van der Waals surface area (Å²) in [6.45, 7) is 4.18. The van der Waals surface area contributed by atoms with Crippen molar-refractivity contribution in [3.05, 3.63) is 92.5 Å². The molecule has 1 atom stereocenters. The summed E-state index contributed by atoms with van der Waals surface area (Å²) < 4.78 is 36.5. The third kappa shape index (κ3) is 5.30. The molecule has 0 saturated heterocycles. The maximum atomic E-state index is 12.9. The molecule has 3 aromatic carbocycles. The molecule has 9 heteroatoms. The van der Waals surface area contributed by atoms with Gasteiger partial charge >= 0.3 is 4.87 Å². The summed E-state index contributed by atoms with van der Waals surface area (Å²) in [6.07, 6.45) is 0. The normalized spacial score (nSPS) is 12.7. The molecule has 172 valence electrons. The number of hydrogen-bond donors (Lipinski definition) is 1. The smallest absolute Gasteiger partial charge is 0.308 e. The van der Waals surface area contributed by atoms with E-state index in [1.54, 1.807) is 23.6 Å². The maximum absolute atomic E-state index is 12.9. The van der Waals surface area contributed by atoms with Crippen LogP contribution < -0.4 is 14.3 Å². The SMILES string of the molecule is Cc1ccccc1OCC(C)NS(=O)(=O)c1ccc2c(c1)sc(=O)n2Cc1ccccc1Cl. The van der Waals surface area contributed by atoms with Gasteiger partial charge in [0, 0.05) is 5.02 Å². The summed E-state index contributed by atoms with van der Waals surface area (Å²) >= 11 is 7.25. The molecule has 4 rings (SSSR count). The number of ether oxygens (including phenoxy) is 1. The van der Waals surface area contributed by atoms with Crippen LogP contribution in [0.4, 0.5) is 0 Å². The lowest BCUT2D eigenvalue weighted by Gasteiger charge is -2.16. The van der Waals surface area contributed by atoms with Crippen LogP contribution in [0.2, 0.25) is 5.02 Å². The molecule has 4 aromatic rings. The molecule has 1 N–H and O–H groups in total. The minimum Gasteiger partial charge on any atom is -0.492 e. The van der Waals surface area contributed by atoms with Crippen LogP contribution in [0.1, 0.15) is 18.1 Å². The first-order chi connectivity index (χ1) is 15.7. The zero-order valence-electron chi connectivity index (χ0n) is 18.1. The highest BCUT2D eigenvalue weighted by Gasteiger charge is 2.20. The number of aryl methyl sites for hydroxylation is 1. The van der Waals surface area contributed by atoms with Crippen molar-refractivity contribution in [2.75, 3.05) is 6.61 Å². The zero-order chi connectivity index (χ0) is 23.6. The summed E-state index contributed by atoms with van der Waals surface area (Å²) in [4.78, 5) is 12.5. The highest BCUT2D eigenvalue weighted by Crippen LogP contribution is 2.24. The average Bonchev–Trinajstić information content (AvgIpc) is 3.08. The molecule has 0 aliphatic carbocycles. The van der Waals surface area contributed by atoms with Crippen LogP contribution in [0.25, 0.3) is 10.2 Å². The largest absolute Gasteiger partial charge is 0.492 e. The maximum Gasteiger partial charge on any atom is 0.308 e. The Morgan fingerprint density at radius 3 is 2.58 bits per heavy atom. The Balaban J connectivity index is 1.52. The molecule has 33 heavy (non-hydrogen) atoms. The number of nitrogens with zero attached hydrogens (tertiary/aromatic N) is 1. The summed E-state index contributed by atoms with van der Waals surface area (Å²) in [6, 6.07) is 19.1. The standard InChI is InChI=1S/C24H23ClN2O4S2/c1-16-7-3-6-10-22(16)31-15-17(2)26-33(29,30)19-11-12-21-23(13-19)32-24(28)27(21)14-18-8-4-5-9-20(18)25/h3-13,17,26H,14-15H2,1-2H3. The highest BCUT2D eigenvalue weighted by molar-refractivity contribution is 7.89. The molecular formula is C24H23ClN2O4S2. The number of fused-ring (bicyclic) bond motifs is 1. The van der Waals surface area contributed by atoms with Crippen LogP contribution >= 0.6 is 22.9 Å². The molecule has 6 nitrogen and oxygen atoms in total. The fourth-order valence-corrected chi connectivity index (χ4v) is 5.91. The topological polar surface area (TPSA) is 77.4 Å². The quantitative estimate of drug-likeness (QED) is 0.375. The van der Waals surface area contributed by atoms with Gasteiger partial charge in [-0.15, -0.1) is 0 Å². The van der Waals surface area contributed by atoms with Crippen LogP contribution in [-0.2, 0) is 16.6 Å². The fraction of sp³-hybridized carbons (Fsp3) is 0.208. The highest BCUT2D eigenvalue weighted by atomic mass is 35.5. The second-order valence-corrected chi connectivity index (χ2v) is 10.9. The molecule has 1 aromatic heterocycles. The van der Waals surface area contributed by atoms with E-state index >= 15 is 0 Å². The predicted octanol–water partition coefficient (Wildman–Crippen LogP) is 4.82. The summed E-state index contributed by atoms with van der Waals surface area (Å²) in [7, 11) is -3.79. The Morgan fingerprint density at radius 2 is 1.82 bits per heavy atom. The van der Waals surface area contributed by atoms with E-state index in [2.05, 4.69) is 4.72 Å². The molecule has 0 fully saturated rings. The Labute approximate surface area is 201 Å². The third-order valence-electron chi connectivity index (χ3n) is 5.18. The lowest BCUT2D eigenvalue weighted by Crippen LogP contribution is -2.36. The minimum atomic E-state index is -3.79. The van der Waals surface area contributed by atoms with Crippen molar-refractivity contribution in [2.45, 2.75) is 31.3 Å². The van der Waals surface area contributed by atoms with E-state index in [0.717, 1.165) is 28.2 Å². The van der Waals surface area contributed by atoms with E-state index in [1.165, 1.54) is 12.1 Å². The van der Waals surface area contributed by atoms with Crippen LogP contribution in [0, 0.1) is 6.92 Å².